The fraction of sp³-hybridized carbons (Fsp3) is 0.333. The fourth-order valence-corrected chi connectivity index (χ4v) is 2.47. The fourth-order valence-electron chi connectivity index (χ4n) is 1.87. The molecule has 5 heteroatoms. The highest BCUT2D eigenvalue weighted by molar-refractivity contribution is 9.10. The SMILES string of the molecule is CCNc1nc(-c2ccc(C)c(F)c2)nc(CC)c1Br. The maximum Gasteiger partial charge on any atom is 0.161 e. The number of halogens is 2. The van der Waals surface area contributed by atoms with Crippen LogP contribution in [0.1, 0.15) is 25.1 Å². The van der Waals surface area contributed by atoms with Crippen molar-refractivity contribution in [2.75, 3.05) is 11.9 Å². The van der Waals surface area contributed by atoms with Crippen LogP contribution in [0.3, 0.4) is 0 Å². The Morgan fingerprint density at radius 2 is 2.00 bits per heavy atom. The number of aromatic nitrogens is 2. The van der Waals surface area contributed by atoms with Crippen molar-refractivity contribution >= 4 is 21.7 Å². The lowest BCUT2D eigenvalue weighted by molar-refractivity contribution is 0.619. The second-order valence-corrected chi connectivity index (χ2v) is 5.30. The van der Waals surface area contributed by atoms with E-state index in [-0.39, 0.29) is 5.82 Å². The second kappa shape index (κ2) is 6.31. The van der Waals surface area contributed by atoms with Gasteiger partial charge in [0.15, 0.2) is 5.82 Å². The summed E-state index contributed by atoms with van der Waals surface area (Å²) < 4.78 is 14.6. The molecule has 1 aromatic heterocycles. The molecule has 0 aliphatic rings. The van der Waals surface area contributed by atoms with Gasteiger partial charge in [-0.1, -0.05) is 19.1 Å². The zero-order chi connectivity index (χ0) is 14.7. The van der Waals surface area contributed by atoms with Crippen LogP contribution in [0.2, 0.25) is 0 Å². The molecule has 1 aromatic carbocycles. The Kier molecular flexibility index (Phi) is 4.70. The Morgan fingerprint density at radius 3 is 2.60 bits per heavy atom. The van der Waals surface area contributed by atoms with Crippen LogP contribution in [0.25, 0.3) is 11.4 Å². The summed E-state index contributed by atoms with van der Waals surface area (Å²) in [4.78, 5) is 8.99. The first kappa shape index (κ1) is 14.9. The lowest BCUT2D eigenvalue weighted by atomic mass is 10.1. The molecule has 0 saturated carbocycles. The topological polar surface area (TPSA) is 37.8 Å². The largest absolute Gasteiger partial charge is 0.369 e. The van der Waals surface area contributed by atoms with Crippen LogP contribution in [0.15, 0.2) is 22.7 Å². The number of hydrogen-bond acceptors (Lipinski definition) is 3. The Balaban J connectivity index is 2.55. The summed E-state index contributed by atoms with van der Waals surface area (Å²) in [6.45, 7) is 6.54. The van der Waals surface area contributed by atoms with Gasteiger partial charge in [-0.15, -0.1) is 0 Å². The van der Waals surface area contributed by atoms with Gasteiger partial charge in [0.2, 0.25) is 0 Å². The molecule has 0 aliphatic carbocycles. The van der Waals surface area contributed by atoms with Gasteiger partial charge in [0.1, 0.15) is 11.6 Å². The monoisotopic (exact) mass is 337 g/mol. The normalized spacial score (nSPS) is 10.7. The van der Waals surface area contributed by atoms with E-state index in [0.717, 1.165) is 29.0 Å². The van der Waals surface area contributed by atoms with Crippen molar-refractivity contribution in [2.45, 2.75) is 27.2 Å². The molecule has 1 heterocycles. The predicted molar refractivity (Wildman–Crippen MR) is 83.4 cm³/mol. The Bertz CT molecular complexity index is 629. The molecule has 0 atom stereocenters. The molecule has 20 heavy (non-hydrogen) atoms. The standard InChI is InChI=1S/C15H17BrFN3/c1-4-12-13(16)15(18-5-2)20-14(19-12)10-7-6-9(3)11(17)8-10/h6-8H,4-5H2,1-3H3,(H,18,19,20). The van der Waals surface area contributed by atoms with Crippen LogP contribution in [0.4, 0.5) is 10.2 Å². The van der Waals surface area contributed by atoms with Crippen LogP contribution >= 0.6 is 15.9 Å². The van der Waals surface area contributed by atoms with Crippen LogP contribution in [0, 0.1) is 12.7 Å². The summed E-state index contributed by atoms with van der Waals surface area (Å²) >= 11 is 3.51. The highest BCUT2D eigenvalue weighted by atomic mass is 79.9. The van der Waals surface area contributed by atoms with E-state index in [1.807, 2.05) is 19.9 Å². The maximum absolute atomic E-state index is 13.7. The van der Waals surface area contributed by atoms with Crippen molar-refractivity contribution in [1.82, 2.24) is 9.97 Å². The minimum absolute atomic E-state index is 0.239. The molecule has 0 saturated heterocycles. The molecule has 3 nitrogen and oxygen atoms in total. The van der Waals surface area contributed by atoms with E-state index in [4.69, 9.17) is 0 Å². The summed E-state index contributed by atoms with van der Waals surface area (Å²) in [7, 11) is 0. The minimum atomic E-state index is -0.239. The molecule has 0 radical (unpaired) electrons. The van der Waals surface area contributed by atoms with E-state index in [2.05, 4.69) is 31.2 Å². The van der Waals surface area contributed by atoms with Gasteiger partial charge in [0, 0.05) is 12.1 Å². The van der Waals surface area contributed by atoms with E-state index < -0.39 is 0 Å². The molecule has 0 bridgehead atoms. The Labute approximate surface area is 126 Å². The van der Waals surface area contributed by atoms with Crippen molar-refractivity contribution in [3.8, 4) is 11.4 Å². The van der Waals surface area contributed by atoms with E-state index in [0.29, 0.717) is 17.0 Å². The maximum atomic E-state index is 13.7. The van der Waals surface area contributed by atoms with Crippen molar-refractivity contribution in [1.29, 1.82) is 0 Å². The van der Waals surface area contributed by atoms with Crippen molar-refractivity contribution < 1.29 is 4.39 Å². The highest BCUT2D eigenvalue weighted by Crippen LogP contribution is 2.28. The third-order valence-corrected chi connectivity index (χ3v) is 3.86. The third kappa shape index (κ3) is 2.98. The first-order valence-electron chi connectivity index (χ1n) is 6.63. The zero-order valence-corrected chi connectivity index (χ0v) is 13.4. The van der Waals surface area contributed by atoms with Gasteiger partial charge < -0.3 is 5.32 Å². The molecule has 1 N–H and O–H groups in total. The Morgan fingerprint density at radius 1 is 1.25 bits per heavy atom. The third-order valence-electron chi connectivity index (χ3n) is 3.03. The van der Waals surface area contributed by atoms with Crippen LogP contribution in [-0.4, -0.2) is 16.5 Å². The van der Waals surface area contributed by atoms with E-state index in [1.54, 1.807) is 13.0 Å². The molecular weight excluding hydrogens is 321 g/mol. The average Bonchev–Trinajstić information content (AvgIpc) is 2.44. The van der Waals surface area contributed by atoms with E-state index in [1.165, 1.54) is 6.07 Å². The molecule has 2 aromatic rings. The number of hydrogen-bond donors (Lipinski definition) is 1. The van der Waals surface area contributed by atoms with Gasteiger partial charge in [-0.2, -0.15) is 0 Å². The van der Waals surface area contributed by atoms with Gasteiger partial charge in [0.25, 0.3) is 0 Å². The zero-order valence-electron chi connectivity index (χ0n) is 11.8. The first-order chi connectivity index (χ1) is 9.56. The Hall–Kier alpha value is -1.49. The molecule has 2 rings (SSSR count). The van der Waals surface area contributed by atoms with Gasteiger partial charge in [-0.25, -0.2) is 14.4 Å². The summed E-state index contributed by atoms with van der Waals surface area (Å²) in [5, 5.41) is 3.19. The van der Waals surface area contributed by atoms with E-state index >= 15 is 0 Å². The van der Waals surface area contributed by atoms with Gasteiger partial charge in [-0.3, -0.25) is 0 Å². The minimum Gasteiger partial charge on any atom is -0.369 e. The molecule has 0 fully saturated rings. The second-order valence-electron chi connectivity index (χ2n) is 4.50. The van der Waals surface area contributed by atoms with Crippen molar-refractivity contribution in [2.24, 2.45) is 0 Å². The first-order valence-corrected chi connectivity index (χ1v) is 7.42. The van der Waals surface area contributed by atoms with E-state index in [9.17, 15) is 4.39 Å². The lowest BCUT2D eigenvalue weighted by Gasteiger charge is -2.11. The summed E-state index contributed by atoms with van der Waals surface area (Å²) in [6, 6.07) is 5.07. The summed E-state index contributed by atoms with van der Waals surface area (Å²) in [5.41, 5.74) is 2.22. The predicted octanol–water partition coefficient (Wildman–Crippen LogP) is 4.35. The van der Waals surface area contributed by atoms with Crippen LogP contribution in [-0.2, 0) is 6.42 Å². The van der Waals surface area contributed by atoms with Crippen LogP contribution in [0.5, 0.6) is 0 Å². The van der Waals surface area contributed by atoms with Crippen molar-refractivity contribution in [3.63, 3.8) is 0 Å². The number of nitrogens with one attached hydrogen (secondary N) is 1. The summed E-state index contributed by atoms with van der Waals surface area (Å²) in [5.74, 6) is 1.05. The summed E-state index contributed by atoms with van der Waals surface area (Å²) in [6.07, 6.45) is 0.781. The van der Waals surface area contributed by atoms with Crippen molar-refractivity contribution in [3.05, 3.63) is 39.7 Å². The molecule has 0 aliphatic heterocycles. The molecular formula is C15H17BrFN3. The number of nitrogens with zero attached hydrogens (tertiary/aromatic N) is 2. The average molecular weight is 338 g/mol. The molecule has 0 amide bonds. The molecule has 0 unspecified atom stereocenters. The van der Waals surface area contributed by atoms with Gasteiger partial charge in [0.05, 0.1) is 10.2 Å². The molecule has 0 spiro atoms. The number of aryl methyl sites for hydroxylation is 2. The number of anilines is 1. The number of rotatable bonds is 4. The quantitative estimate of drug-likeness (QED) is 0.901. The van der Waals surface area contributed by atoms with Gasteiger partial charge in [-0.05, 0) is 47.8 Å². The highest BCUT2D eigenvalue weighted by Gasteiger charge is 2.12. The number of benzene rings is 1. The molecule has 106 valence electrons. The van der Waals surface area contributed by atoms with Gasteiger partial charge >= 0.3 is 0 Å². The smallest absolute Gasteiger partial charge is 0.161 e. The lowest BCUT2D eigenvalue weighted by Crippen LogP contribution is -2.06. The van der Waals surface area contributed by atoms with Crippen LogP contribution < -0.4 is 5.32 Å².